The molecule has 0 heterocycles. The monoisotopic (exact) mass is 223 g/mol. The molecule has 0 bridgehead atoms. The third kappa shape index (κ3) is 3.79. The van der Waals surface area contributed by atoms with Gasteiger partial charge in [-0.25, -0.2) is 0 Å². The lowest BCUT2D eigenvalue weighted by atomic mass is 9.64. The Kier molecular flexibility index (Phi) is 4.38. The van der Waals surface area contributed by atoms with Gasteiger partial charge in [0.05, 0.1) is 17.6 Å². The number of rotatable bonds is 4. The van der Waals surface area contributed by atoms with E-state index in [9.17, 15) is 5.26 Å². The van der Waals surface area contributed by atoms with E-state index in [4.69, 9.17) is 4.74 Å². The standard InChI is InChI=1S/C14H25NO/c1-12(2)16-10-9-14(11-15)7-5-13(3,4)6-8-14/h12H,5-10H2,1-4H3. The summed E-state index contributed by atoms with van der Waals surface area (Å²) >= 11 is 0. The highest BCUT2D eigenvalue weighted by atomic mass is 16.5. The molecule has 2 nitrogen and oxygen atoms in total. The highest BCUT2D eigenvalue weighted by Gasteiger charge is 2.38. The van der Waals surface area contributed by atoms with Crippen LogP contribution in [0, 0.1) is 22.2 Å². The first-order valence-corrected chi connectivity index (χ1v) is 6.42. The molecule has 0 aliphatic heterocycles. The van der Waals surface area contributed by atoms with Crippen LogP contribution in [0.15, 0.2) is 0 Å². The van der Waals surface area contributed by atoms with Gasteiger partial charge < -0.3 is 4.74 Å². The molecule has 2 heteroatoms. The molecule has 0 aromatic heterocycles. The maximum atomic E-state index is 9.37. The lowest BCUT2D eigenvalue weighted by molar-refractivity contribution is 0.0429. The quantitative estimate of drug-likeness (QED) is 0.724. The summed E-state index contributed by atoms with van der Waals surface area (Å²) in [4.78, 5) is 0. The fourth-order valence-corrected chi connectivity index (χ4v) is 2.31. The molecule has 16 heavy (non-hydrogen) atoms. The van der Waals surface area contributed by atoms with Gasteiger partial charge in [0.15, 0.2) is 0 Å². The number of nitrogens with zero attached hydrogens (tertiary/aromatic N) is 1. The summed E-state index contributed by atoms with van der Waals surface area (Å²) < 4.78 is 5.57. The molecule has 0 aromatic carbocycles. The Morgan fingerprint density at radius 2 is 1.75 bits per heavy atom. The second-order valence-electron chi connectivity index (χ2n) is 6.23. The molecule has 1 fully saturated rings. The zero-order valence-electron chi connectivity index (χ0n) is 11.2. The van der Waals surface area contributed by atoms with Gasteiger partial charge in [-0.05, 0) is 51.4 Å². The molecule has 0 N–H and O–H groups in total. The van der Waals surface area contributed by atoms with Crippen LogP contribution < -0.4 is 0 Å². The van der Waals surface area contributed by atoms with Crippen LogP contribution in [0.4, 0.5) is 0 Å². The molecule has 1 aliphatic carbocycles. The number of nitriles is 1. The lowest BCUT2D eigenvalue weighted by Gasteiger charge is -2.39. The summed E-state index contributed by atoms with van der Waals surface area (Å²) in [5, 5.41) is 9.37. The van der Waals surface area contributed by atoms with Crippen molar-refractivity contribution in [3.63, 3.8) is 0 Å². The van der Waals surface area contributed by atoms with Crippen molar-refractivity contribution >= 4 is 0 Å². The van der Waals surface area contributed by atoms with Crippen molar-refractivity contribution in [2.75, 3.05) is 6.61 Å². The molecule has 0 amide bonds. The Hall–Kier alpha value is -0.550. The van der Waals surface area contributed by atoms with Gasteiger partial charge in [0.1, 0.15) is 0 Å². The van der Waals surface area contributed by atoms with Gasteiger partial charge in [-0.1, -0.05) is 13.8 Å². The average molecular weight is 223 g/mol. The predicted octanol–water partition coefficient (Wildman–Crippen LogP) is 3.91. The van der Waals surface area contributed by atoms with Crippen LogP contribution in [0.25, 0.3) is 0 Å². The Morgan fingerprint density at radius 1 is 1.19 bits per heavy atom. The Morgan fingerprint density at radius 3 is 2.19 bits per heavy atom. The van der Waals surface area contributed by atoms with Crippen molar-refractivity contribution in [1.29, 1.82) is 5.26 Å². The van der Waals surface area contributed by atoms with Gasteiger partial charge in [-0.3, -0.25) is 0 Å². The minimum absolute atomic E-state index is 0.107. The van der Waals surface area contributed by atoms with Gasteiger partial charge in [0.25, 0.3) is 0 Å². The molecular formula is C14H25NO. The maximum absolute atomic E-state index is 9.37. The zero-order valence-corrected chi connectivity index (χ0v) is 11.2. The molecule has 0 spiro atoms. The molecule has 1 saturated carbocycles. The number of hydrogen-bond acceptors (Lipinski definition) is 2. The van der Waals surface area contributed by atoms with Crippen LogP contribution in [0.1, 0.15) is 59.8 Å². The summed E-state index contributed by atoms with van der Waals surface area (Å²) in [6.07, 6.45) is 5.59. The lowest BCUT2D eigenvalue weighted by Crippen LogP contribution is -2.31. The van der Waals surface area contributed by atoms with Gasteiger partial charge >= 0.3 is 0 Å². The van der Waals surface area contributed by atoms with Crippen LogP contribution in [-0.2, 0) is 4.74 Å². The SMILES string of the molecule is CC(C)OCCC1(C#N)CCC(C)(C)CC1. The summed E-state index contributed by atoms with van der Waals surface area (Å²) in [7, 11) is 0. The van der Waals surface area contributed by atoms with Crippen molar-refractivity contribution in [3.8, 4) is 6.07 Å². The Balaban J connectivity index is 2.45. The predicted molar refractivity (Wildman–Crippen MR) is 66.0 cm³/mol. The van der Waals surface area contributed by atoms with E-state index in [0.717, 1.165) is 25.9 Å². The largest absolute Gasteiger partial charge is 0.379 e. The Labute approximate surface area is 100.0 Å². The number of ether oxygens (including phenoxy) is 1. The van der Waals surface area contributed by atoms with E-state index in [1.54, 1.807) is 0 Å². The second-order valence-corrected chi connectivity index (χ2v) is 6.23. The van der Waals surface area contributed by atoms with Gasteiger partial charge in [-0.2, -0.15) is 5.26 Å². The Bertz CT molecular complexity index is 252. The van der Waals surface area contributed by atoms with E-state index < -0.39 is 0 Å². The zero-order chi connectivity index (χ0) is 12.2. The summed E-state index contributed by atoms with van der Waals surface area (Å²) in [5.41, 5.74) is 0.323. The molecule has 92 valence electrons. The van der Waals surface area contributed by atoms with Crippen LogP contribution in [0.2, 0.25) is 0 Å². The minimum atomic E-state index is -0.107. The summed E-state index contributed by atoms with van der Waals surface area (Å²) in [5.74, 6) is 0. The highest BCUT2D eigenvalue weighted by molar-refractivity contribution is 5.02. The molecule has 0 atom stereocenters. The van der Waals surface area contributed by atoms with Gasteiger partial charge in [-0.15, -0.1) is 0 Å². The molecule has 0 saturated heterocycles. The molecule has 0 radical (unpaired) electrons. The first-order chi connectivity index (χ1) is 7.39. The fraction of sp³-hybridized carbons (Fsp3) is 0.929. The van der Waals surface area contributed by atoms with E-state index in [2.05, 4.69) is 19.9 Å². The highest BCUT2D eigenvalue weighted by Crippen LogP contribution is 2.46. The molecule has 0 aromatic rings. The second kappa shape index (κ2) is 5.19. The van der Waals surface area contributed by atoms with Crippen LogP contribution in [0.3, 0.4) is 0 Å². The van der Waals surface area contributed by atoms with Gasteiger partial charge in [0, 0.05) is 6.61 Å². The molecular weight excluding hydrogens is 198 g/mol. The van der Waals surface area contributed by atoms with E-state index in [1.165, 1.54) is 12.8 Å². The van der Waals surface area contributed by atoms with Crippen LogP contribution in [0.5, 0.6) is 0 Å². The number of hydrogen-bond donors (Lipinski definition) is 0. The molecule has 0 unspecified atom stereocenters. The first kappa shape index (κ1) is 13.5. The van der Waals surface area contributed by atoms with Crippen LogP contribution in [-0.4, -0.2) is 12.7 Å². The fourth-order valence-electron chi connectivity index (χ4n) is 2.31. The van der Waals surface area contributed by atoms with Crippen LogP contribution >= 0.6 is 0 Å². The van der Waals surface area contributed by atoms with Crippen molar-refractivity contribution in [2.45, 2.75) is 65.9 Å². The molecule has 1 rings (SSSR count). The smallest absolute Gasteiger partial charge is 0.0690 e. The average Bonchev–Trinajstić information content (AvgIpc) is 2.21. The van der Waals surface area contributed by atoms with E-state index in [0.29, 0.717) is 5.41 Å². The van der Waals surface area contributed by atoms with Gasteiger partial charge in [0.2, 0.25) is 0 Å². The topological polar surface area (TPSA) is 33.0 Å². The van der Waals surface area contributed by atoms with E-state index >= 15 is 0 Å². The van der Waals surface area contributed by atoms with E-state index in [1.807, 2.05) is 13.8 Å². The summed E-state index contributed by atoms with van der Waals surface area (Å²) in [6.45, 7) is 9.43. The van der Waals surface area contributed by atoms with Crippen molar-refractivity contribution in [3.05, 3.63) is 0 Å². The van der Waals surface area contributed by atoms with Crippen molar-refractivity contribution < 1.29 is 4.74 Å². The van der Waals surface area contributed by atoms with E-state index in [-0.39, 0.29) is 11.5 Å². The first-order valence-electron chi connectivity index (χ1n) is 6.42. The minimum Gasteiger partial charge on any atom is -0.379 e. The third-order valence-corrected chi connectivity index (χ3v) is 3.83. The third-order valence-electron chi connectivity index (χ3n) is 3.83. The van der Waals surface area contributed by atoms with Crippen molar-refractivity contribution in [1.82, 2.24) is 0 Å². The van der Waals surface area contributed by atoms with Crippen molar-refractivity contribution in [2.24, 2.45) is 10.8 Å². The maximum Gasteiger partial charge on any atom is 0.0690 e. The molecule has 1 aliphatic rings. The normalized spacial score (nSPS) is 23.0. The summed E-state index contributed by atoms with van der Waals surface area (Å²) in [6, 6.07) is 2.55.